The molecule has 7 heteroatoms. The van der Waals surface area contributed by atoms with E-state index >= 15 is 0 Å². The summed E-state index contributed by atoms with van der Waals surface area (Å²) in [5.41, 5.74) is 0. The van der Waals surface area contributed by atoms with Gasteiger partial charge in [-0.2, -0.15) is 0 Å². The highest BCUT2D eigenvalue weighted by Crippen LogP contribution is 2.17. The number of amides is 2. The Morgan fingerprint density at radius 1 is 0.957 bits per heavy atom. The zero-order valence-electron chi connectivity index (χ0n) is 14.0. The lowest BCUT2D eigenvalue weighted by molar-refractivity contribution is -0.190. The van der Waals surface area contributed by atoms with E-state index in [1.165, 1.54) is 0 Å². The van der Waals surface area contributed by atoms with Crippen LogP contribution in [0.25, 0.3) is 0 Å². The van der Waals surface area contributed by atoms with Crippen LogP contribution < -0.4 is 0 Å². The molecule has 0 rings (SSSR count). The minimum Gasteiger partial charge on any atom is -0.376 e. The molecule has 0 saturated heterocycles. The number of carbonyl (C=O) groups excluding carboxylic acids is 2. The first kappa shape index (κ1) is 21.3. The van der Waals surface area contributed by atoms with Crippen molar-refractivity contribution in [2.75, 3.05) is 13.5 Å². The molecule has 132 valence electrons. The Balaban J connectivity index is 5.35. The number of ether oxygens (including phenoxy) is 1. The SMILES string of the molecule is C=CC(=O)N(CO)C(CCC)OC(CCC)N(CO)C(=O)C=C. The van der Waals surface area contributed by atoms with Gasteiger partial charge in [-0.25, -0.2) is 0 Å². The minimum absolute atomic E-state index is 0.466. The van der Waals surface area contributed by atoms with Crippen molar-refractivity contribution in [3.8, 4) is 0 Å². The first-order chi connectivity index (χ1) is 11.0. The molecule has 0 aromatic rings. The van der Waals surface area contributed by atoms with Crippen LogP contribution in [0.3, 0.4) is 0 Å². The lowest BCUT2D eigenvalue weighted by Crippen LogP contribution is -2.49. The molecule has 0 bridgehead atoms. The molecule has 2 N–H and O–H groups in total. The average Bonchev–Trinajstić information content (AvgIpc) is 2.55. The highest BCUT2D eigenvalue weighted by atomic mass is 16.5. The van der Waals surface area contributed by atoms with Crippen molar-refractivity contribution < 1.29 is 24.5 Å². The van der Waals surface area contributed by atoms with E-state index in [-0.39, 0.29) is 0 Å². The third kappa shape index (κ3) is 6.52. The van der Waals surface area contributed by atoms with Crippen molar-refractivity contribution in [2.45, 2.75) is 52.0 Å². The standard InChI is InChI=1S/C16H28N2O5/c1-5-9-15(17(11-19)13(21)7-3)23-16(10-6-2)18(12-20)14(22)8-4/h7-8,15-16,19-20H,3-6,9-12H2,1-2H3. The fraction of sp³-hybridized carbons (Fsp3) is 0.625. The van der Waals surface area contributed by atoms with Gasteiger partial charge in [0, 0.05) is 0 Å². The highest BCUT2D eigenvalue weighted by molar-refractivity contribution is 5.87. The van der Waals surface area contributed by atoms with Gasteiger partial charge in [0.1, 0.15) is 25.9 Å². The summed E-state index contributed by atoms with van der Waals surface area (Å²) in [6.45, 7) is 9.59. The Hall–Kier alpha value is -1.70. The van der Waals surface area contributed by atoms with E-state index in [4.69, 9.17) is 4.74 Å². The number of nitrogens with zero attached hydrogens (tertiary/aromatic N) is 2. The Morgan fingerprint density at radius 2 is 1.30 bits per heavy atom. The molecule has 0 saturated carbocycles. The fourth-order valence-electron chi connectivity index (χ4n) is 2.11. The maximum Gasteiger partial charge on any atom is 0.249 e. The first-order valence-electron chi connectivity index (χ1n) is 7.73. The third-order valence-electron chi connectivity index (χ3n) is 3.30. The summed E-state index contributed by atoms with van der Waals surface area (Å²) >= 11 is 0. The van der Waals surface area contributed by atoms with Crippen molar-refractivity contribution in [2.24, 2.45) is 0 Å². The van der Waals surface area contributed by atoms with E-state index in [1.807, 2.05) is 13.8 Å². The molecule has 0 aromatic heterocycles. The van der Waals surface area contributed by atoms with Crippen LogP contribution in [0.5, 0.6) is 0 Å². The molecule has 0 aromatic carbocycles. The number of aliphatic hydroxyl groups excluding tert-OH is 2. The summed E-state index contributed by atoms with van der Waals surface area (Å²) in [4.78, 5) is 26.0. The molecule has 0 aliphatic carbocycles. The van der Waals surface area contributed by atoms with Gasteiger partial charge in [0.05, 0.1) is 0 Å². The molecule has 0 fully saturated rings. The highest BCUT2D eigenvalue weighted by Gasteiger charge is 2.28. The lowest BCUT2D eigenvalue weighted by Gasteiger charge is -2.36. The number of hydrogen-bond acceptors (Lipinski definition) is 5. The van der Waals surface area contributed by atoms with Gasteiger partial charge in [-0.3, -0.25) is 19.4 Å². The molecular weight excluding hydrogens is 300 g/mol. The van der Waals surface area contributed by atoms with Crippen molar-refractivity contribution in [3.05, 3.63) is 25.3 Å². The maximum atomic E-state index is 11.8. The predicted molar refractivity (Wildman–Crippen MR) is 86.7 cm³/mol. The Labute approximate surface area is 137 Å². The predicted octanol–water partition coefficient (Wildman–Crippen LogP) is 1.18. The molecule has 0 spiro atoms. The summed E-state index contributed by atoms with van der Waals surface area (Å²) in [5, 5.41) is 18.9. The first-order valence-corrected chi connectivity index (χ1v) is 7.73. The van der Waals surface area contributed by atoms with Crippen molar-refractivity contribution >= 4 is 11.8 Å². The summed E-state index contributed by atoms with van der Waals surface area (Å²) in [5.74, 6) is -0.932. The van der Waals surface area contributed by atoms with Gasteiger partial charge in [-0.05, 0) is 25.0 Å². The van der Waals surface area contributed by atoms with E-state index in [9.17, 15) is 19.8 Å². The van der Waals surface area contributed by atoms with Gasteiger partial charge in [0.2, 0.25) is 11.8 Å². The van der Waals surface area contributed by atoms with Crippen LogP contribution >= 0.6 is 0 Å². The molecule has 23 heavy (non-hydrogen) atoms. The summed E-state index contributed by atoms with van der Waals surface area (Å²) < 4.78 is 5.88. The van der Waals surface area contributed by atoms with E-state index in [0.29, 0.717) is 25.7 Å². The van der Waals surface area contributed by atoms with E-state index < -0.39 is 37.7 Å². The van der Waals surface area contributed by atoms with Crippen LogP contribution in [0.4, 0.5) is 0 Å². The molecular formula is C16H28N2O5. The van der Waals surface area contributed by atoms with Crippen LogP contribution in [-0.4, -0.2) is 57.7 Å². The zero-order chi connectivity index (χ0) is 17.8. The van der Waals surface area contributed by atoms with Crippen LogP contribution in [0.15, 0.2) is 25.3 Å². The number of hydrogen-bond donors (Lipinski definition) is 2. The summed E-state index contributed by atoms with van der Waals surface area (Å²) in [6, 6.07) is 0. The quantitative estimate of drug-likeness (QED) is 0.415. The van der Waals surface area contributed by atoms with E-state index in [2.05, 4.69) is 13.2 Å². The normalized spacial score (nSPS) is 13.0. The number of rotatable bonds is 12. The van der Waals surface area contributed by atoms with Crippen LogP contribution in [0.2, 0.25) is 0 Å². The topological polar surface area (TPSA) is 90.3 Å². The van der Waals surface area contributed by atoms with Gasteiger partial charge in [-0.1, -0.05) is 39.8 Å². The monoisotopic (exact) mass is 328 g/mol. The van der Waals surface area contributed by atoms with Crippen LogP contribution in [0, 0.1) is 0 Å². The van der Waals surface area contributed by atoms with Crippen molar-refractivity contribution in [1.29, 1.82) is 0 Å². The molecule has 0 heterocycles. The van der Waals surface area contributed by atoms with Gasteiger partial charge in [0.25, 0.3) is 0 Å². The van der Waals surface area contributed by atoms with Gasteiger partial charge in [0.15, 0.2) is 0 Å². The second-order valence-corrected chi connectivity index (χ2v) is 4.93. The largest absolute Gasteiger partial charge is 0.376 e. The number of aliphatic hydroxyl groups is 2. The molecule has 7 nitrogen and oxygen atoms in total. The third-order valence-corrected chi connectivity index (χ3v) is 3.30. The van der Waals surface area contributed by atoms with Gasteiger partial charge in [-0.15, -0.1) is 0 Å². The van der Waals surface area contributed by atoms with E-state index in [1.54, 1.807) is 0 Å². The summed E-state index contributed by atoms with van der Waals surface area (Å²) in [7, 11) is 0. The zero-order valence-corrected chi connectivity index (χ0v) is 14.0. The Kier molecular flexibility index (Phi) is 10.9. The Morgan fingerprint density at radius 3 is 1.52 bits per heavy atom. The molecule has 2 unspecified atom stereocenters. The maximum absolute atomic E-state index is 11.8. The molecule has 2 atom stereocenters. The van der Waals surface area contributed by atoms with Crippen LogP contribution in [0.1, 0.15) is 39.5 Å². The molecule has 2 amide bonds. The van der Waals surface area contributed by atoms with Crippen molar-refractivity contribution in [3.63, 3.8) is 0 Å². The van der Waals surface area contributed by atoms with Gasteiger partial charge >= 0.3 is 0 Å². The molecule has 0 aliphatic rings. The van der Waals surface area contributed by atoms with E-state index in [0.717, 1.165) is 22.0 Å². The summed E-state index contributed by atoms with van der Waals surface area (Å²) in [6.07, 6.45) is 3.10. The average molecular weight is 328 g/mol. The minimum atomic E-state index is -0.723. The smallest absolute Gasteiger partial charge is 0.249 e. The number of carbonyl (C=O) groups is 2. The van der Waals surface area contributed by atoms with Crippen molar-refractivity contribution in [1.82, 2.24) is 9.80 Å². The molecule has 0 aliphatic heterocycles. The van der Waals surface area contributed by atoms with Gasteiger partial charge < -0.3 is 14.9 Å². The Bertz CT molecular complexity index is 364. The fourth-order valence-corrected chi connectivity index (χ4v) is 2.11. The molecule has 0 radical (unpaired) electrons. The lowest BCUT2D eigenvalue weighted by atomic mass is 10.2. The second-order valence-electron chi connectivity index (χ2n) is 4.93. The van der Waals surface area contributed by atoms with Crippen LogP contribution in [-0.2, 0) is 14.3 Å². The second kappa shape index (κ2) is 11.8.